The molecule has 7 nitrogen and oxygen atoms in total. The van der Waals surface area contributed by atoms with Gasteiger partial charge in [-0.15, -0.1) is 0 Å². The normalized spacial score (nSPS) is 12.1. The number of nitrogens with zero attached hydrogens (tertiary/aromatic N) is 2. The van der Waals surface area contributed by atoms with Gasteiger partial charge in [0.2, 0.25) is 11.8 Å². The lowest BCUT2D eigenvalue weighted by molar-refractivity contribution is -0.140. The second kappa shape index (κ2) is 12.8. The van der Waals surface area contributed by atoms with Crippen LogP contribution in [0.2, 0.25) is 15.1 Å². The summed E-state index contributed by atoms with van der Waals surface area (Å²) in [5.74, 6) is -0.936. The first-order valence-electron chi connectivity index (χ1n) is 11.8. The lowest BCUT2D eigenvalue weighted by Gasteiger charge is -2.33. The predicted octanol–water partition coefficient (Wildman–Crippen LogP) is 5.70. The summed E-state index contributed by atoms with van der Waals surface area (Å²) in [7, 11) is -2.69. The number of halogens is 3. The summed E-state index contributed by atoms with van der Waals surface area (Å²) in [5, 5.41) is 3.62. The summed E-state index contributed by atoms with van der Waals surface area (Å²) < 4.78 is 28.6. The van der Waals surface area contributed by atoms with Gasteiger partial charge in [-0.2, -0.15) is 0 Å². The van der Waals surface area contributed by atoms with E-state index in [1.165, 1.54) is 36.2 Å². The molecule has 0 aromatic heterocycles. The topological polar surface area (TPSA) is 86.8 Å². The molecule has 0 fully saturated rings. The number of likely N-dealkylation sites (N-methyl/N-ethyl adjacent to an activating group) is 1. The third-order valence-electron chi connectivity index (χ3n) is 5.94. The van der Waals surface area contributed by atoms with E-state index in [4.69, 9.17) is 34.8 Å². The zero-order valence-electron chi connectivity index (χ0n) is 21.1. The molecule has 202 valence electrons. The van der Waals surface area contributed by atoms with Gasteiger partial charge in [-0.25, -0.2) is 8.42 Å². The van der Waals surface area contributed by atoms with Crippen molar-refractivity contribution in [1.82, 2.24) is 10.2 Å². The van der Waals surface area contributed by atoms with E-state index < -0.39 is 28.5 Å². The summed E-state index contributed by atoms with van der Waals surface area (Å²) >= 11 is 18.2. The number of rotatable bonds is 10. The highest BCUT2D eigenvalue weighted by molar-refractivity contribution is 7.92. The van der Waals surface area contributed by atoms with Gasteiger partial charge >= 0.3 is 0 Å². The lowest BCUT2D eigenvalue weighted by atomic mass is 10.1. The minimum Gasteiger partial charge on any atom is -0.357 e. The van der Waals surface area contributed by atoms with Crippen LogP contribution in [0.25, 0.3) is 0 Å². The van der Waals surface area contributed by atoms with E-state index >= 15 is 0 Å². The molecule has 0 aliphatic carbocycles. The molecule has 0 radical (unpaired) electrons. The first-order valence-corrected chi connectivity index (χ1v) is 14.3. The molecular weight excluding hydrogens is 569 g/mol. The summed E-state index contributed by atoms with van der Waals surface area (Å²) in [5.41, 5.74) is 1.77. The van der Waals surface area contributed by atoms with Crippen LogP contribution in [0.4, 0.5) is 5.69 Å². The maximum Gasteiger partial charge on any atom is 0.264 e. The summed E-state index contributed by atoms with van der Waals surface area (Å²) in [6.07, 6.45) is 0.307. The molecule has 2 amide bonds. The highest BCUT2D eigenvalue weighted by Crippen LogP contribution is 2.27. The number of anilines is 1. The number of hydrogen-bond donors (Lipinski definition) is 1. The lowest BCUT2D eigenvalue weighted by Crippen LogP contribution is -2.51. The molecule has 0 heterocycles. The average molecular weight is 597 g/mol. The van der Waals surface area contributed by atoms with Gasteiger partial charge in [0.25, 0.3) is 10.0 Å². The molecule has 3 aromatic rings. The Morgan fingerprint density at radius 1 is 0.947 bits per heavy atom. The number of benzene rings is 3. The average Bonchev–Trinajstić information content (AvgIpc) is 2.89. The highest BCUT2D eigenvalue weighted by atomic mass is 35.5. The second-order valence-corrected chi connectivity index (χ2v) is 11.7. The van der Waals surface area contributed by atoms with Crippen molar-refractivity contribution in [1.29, 1.82) is 0 Å². The number of sulfonamides is 1. The van der Waals surface area contributed by atoms with Crippen LogP contribution in [0.3, 0.4) is 0 Å². The summed E-state index contributed by atoms with van der Waals surface area (Å²) in [4.78, 5) is 28.0. The van der Waals surface area contributed by atoms with E-state index in [0.717, 1.165) is 9.87 Å². The Bertz CT molecular complexity index is 1420. The molecule has 3 rings (SSSR count). The molecule has 0 spiro atoms. The van der Waals surface area contributed by atoms with Crippen LogP contribution in [-0.2, 0) is 26.2 Å². The van der Waals surface area contributed by atoms with Crippen LogP contribution in [0.5, 0.6) is 0 Å². The monoisotopic (exact) mass is 595 g/mol. The Kier molecular flexibility index (Phi) is 10.1. The van der Waals surface area contributed by atoms with Crippen LogP contribution in [0.15, 0.2) is 71.6 Å². The van der Waals surface area contributed by atoms with Crippen molar-refractivity contribution in [2.75, 3.05) is 17.9 Å². The summed E-state index contributed by atoms with van der Waals surface area (Å²) in [6, 6.07) is 16.6. The maximum absolute atomic E-state index is 13.9. The molecular formula is C27H28Cl3N3O4S. The fourth-order valence-corrected chi connectivity index (χ4v) is 5.82. The number of nitrogens with one attached hydrogen (secondary N) is 1. The van der Waals surface area contributed by atoms with E-state index in [9.17, 15) is 18.0 Å². The van der Waals surface area contributed by atoms with Gasteiger partial charge in [0.15, 0.2) is 0 Å². The molecule has 0 aliphatic rings. The Morgan fingerprint density at radius 2 is 1.63 bits per heavy atom. The Labute approximate surface area is 238 Å². The van der Waals surface area contributed by atoms with Gasteiger partial charge in [0, 0.05) is 18.6 Å². The zero-order chi connectivity index (χ0) is 28.0. The first-order chi connectivity index (χ1) is 18.0. The minimum atomic E-state index is -4.17. The molecule has 3 aromatic carbocycles. The quantitative estimate of drug-likeness (QED) is 0.325. The SMILES string of the molecule is CCC(C(=O)NC)N(Cc1ccc(Cl)c(Cl)c1)C(=O)CN(c1cccc(C)c1)S(=O)(=O)c1ccc(Cl)cc1. The number of amides is 2. The van der Waals surface area contributed by atoms with E-state index in [1.807, 2.05) is 13.0 Å². The number of carbonyl (C=O) groups excluding carboxylic acids is 2. The van der Waals surface area contributed by atoms with Crippen molar-refractivity contribution in [3.05, 3.63) is 92.9 Å². The Hall–Kier alpha value is -2.78. The maximum atomic E-state index is 13.9. The van der Waals surface area contributed by atoms with Crippen molar-refractivity contribution in [3.8, 4) is 0 Å². The van der Waals surface area contributed by atoms with Crippen LogP contribution in [0.1, 0.15) is 24.5 Å². The van der Waals surface area contributed by atoms with Crippen LogP contribution < -0.4 is 9.62 Å². The van der Waals surface area contributed by atoms with Crippen molar-refractivity contribution in [2.24, 2.45) is 0 Å². The molecule has 0 aliphatic heterocycles. The molecule has 0 bridgehead atoms. The van der Waals surface area contributed by atoms with Crippen molar-refractivity contribution in [2.45, 2.75) is 37.8 Å². The number of aryl methyl sites for hydroxylation is 1. The molecule has 0 saturated heterocycles. The fourth-order valence-electron chi connectivity index (χ4n) is 3.97. The Morgan fingerprint density at radius 3 is 2.21 bits per heavy atom. The second-order valence-electron chi connectivity index (χ2n) is 8.61. The van der Waals surface area contributed by atoms with Crippen molar-refractivity contribution < 1.29 is 18.0 Å². The number of carbonyl (C=O) groups is 2. The van der Waals surface area contributed by atoms with Gasteiger partial charge in [0.1, 0.15) is 12.6 Å². The highest BCUT2D eigenvalue weighted by Gasteiger charge is 2.33. The van der Waals surface area contributed by atoms with E-state index in [-0.39, 0.29) is 17.3 Å². The van der Waals surface area contributed by atoms with Gasteiger partial charge in [0.05, 0.1) is 20.6 Å². The Balaban J connectivity index is 2.07. The standard InChI is InChI=1S/C27H28Cl3N3O4S/c1-4-25(27(35)31-3)32(16-19-8-13-23(29)24(30)15-19)26(34)17-33(21-7-5-6-18(2)14-21)38(36,37)22-11-9-20(28)10-12-22/h5-15,25H,4,16-17H2,1-3H3,(H,31,35). The zero-order valence-corrected chi connectivity index (χ0v) is 24.2. The molecule has 1 N–H and O–H groups in total. The smallest absolute Gasteiger partial charge is 0.264 e. The fraction of sp³-hybridized carbons (Fsp3) is 0.259. The van der Waals surface area contributed by atoms with E-state index in [1.54, 1.807) is 43.3 Å². The van der Waals surface area contributed by atoms with Crippen molar-refractivity contribution >= 4 is 62.3 Å². The molecule has 38 heavy (non-hydrogen) atoms. The third kappa shape index (κ3) is 6.99. The third-order valence-corrected chi connectivity index (χ3v) is 8.72. The minimum absolute atomic E-state index is 0.0182. The largest absolute Gasteiger partial charge is 0.357 e. The van der Waals surface area contributed by atoms with Gasteiger partial charge in [-0.3, -0.25) is 13.9 Å². The number of hydrogen-bond acceptors (Lipinski definition) is 4. The van der Waals surface area contributed by atoms with Gasteiger partial charge in [-0.05, 0) is 73.0 Å². The van der Waals surface area contributed by atoms with E-state index in [2.05, 4.69) is 5.32 Å². The van der Waals surface area contributed by atoms with Gasteiger partial charge < -0.3 is 10.2 Å². The molecule has 1 atom stereocenters. The van der Waals surface area contributed by atoms with Crippen LogP contribution in [0, 0.1) is 6.92 Å². The predicted molar refractivity (Wildman–Crippen MR) is 152 cm³/mol. The van der Waals surface area contributed by atoms with Crippen molar-refractivity contribution in [3.63, 3.8) is 0 Å². The van der Waals surface area contributed by atoms with Gasteiger partial charge in [-0.1, -0.05) is 59.9 Å². The van der Waals surface area contributed by atoms with Crippen LogP contribution >= 0.6 is 34.8 Å². The van der Waals surface area contributed by atoms with E-state index in [0.29, 0.717) is 32.7 Å². The molecule has 11 heteroatoms. The molecule has 0 saturated carbocycles. The van der Waals surface area contributed by atoms with Crippen LogP contribution in [-0.4, -0.2) is 44.8 Å². The molecule has 1 unspecified atom stereocenters. The first kappa shape index (κ1) is 29.8. The summed E-state index contributed by atoms with van der Waals surface area (Å²) in [6.45, 7) is 3.08.